The maximum Gasteiger partial charge on any atom is 0.407 e. The summed E-state index contributed by atoms with van der Waals surface area (Å²) in [5.74, 6) is 0.482. The molecule has 3 fully saturated rings. The number of ether oxygens (including phenoxy) is 1. The molecule has 10 heteroatoms. The molecule has 1 unspecified atom stereocenters. The average Bonchev–Trinajstić information content (AvgIpc) is 3.50. The zero-order chi connectivity index (χ0) is 23.5. The summed E-state index contributed by atoms with van der Waals surface area (Å²) in [5, 5.41) is 9.13. The molecule has 2 saturated heterocycles. The third kappa shape index (κ3) is 3.12. The van der Waals surface area contributed by atoms with Crippen LogP contribution in [0.1, 0.15) is 40.7 Å². The second kappa shape index (κ2) is 7.41. The van der Waals surface area contributed by atoms with Crippen molar-refractivity contribution in [1.29, 1.82) is 0 Å². The molecular formula is C24H25N5O5. The average molecular weight is 463 g/mol. The standard InChI is InChI=1S/C24H25N5O5/c30-20-17-14-25-7-3-18(17)24(34-20)6-8-29(15-24)21(31)23(4-5-23)16-1-2-19(26-13-16)27-9-11-28(12-10-27)22(32)33/h1-3,7,13-14H,4-6,8-12,15H2,(H,32,33). The largest absolute Gasteiger partial charge is 0.465 e. The summed E-state index contributed by atoms with van der Waals surface area (Å²) in [6, 6.07) is 5.71. The lowest BCUT2D eigenvalue weighted by Crippen LogP contribution is -2.48. The molecule has 176 valence electrons. The van der Waals surface area contributed by atoms with E-state index in [4.69, 9.17) is 9.84 Å². The Kier molecular flexibility index (Phi) is 4.55. The lowest BCUT2D eigenvalue weighted by molar-refractivity contribution is -0.134. The second-order valence-corrected chi connectivity index (χ2v) is 9.53. The maximum absolute atomic E-state index is 13.6. The highest BCUT2D eigenvalue weighted by atomic mass is 16.6. The normalized spacial score (nSPS) is 24.8. The third-order valence-corrected chi connectivity index (χ3v) is 7.67. The van der Waals surface area contributed by atoms with Crippen LogP contribution >= 0.6 is 0 Å². The first-order valence-corrected chi connectivity index (χ1v) is 11.6. The molecule has 1 spiro atoms. The second-order valence-electron chi connectivity index (χ2n) is 9.53. The molecule has 6 rings (SSSR count). The van der Waals surface area contributed by atoms with Gasteiger partial charge in [-0.15, -0.1) is 0 Å². The fourth-order valence-electron chi connectivity index (χ4n) is 5.54. The summed E-state index contributed by atoms with van der Waals surface area (Å²) in [6.07, 6.45) is 6.21. The Bertz CT molecular complexity index is 1170. The number of fused-ring (bicyclic) bond motifs is 2. The third-order valence-electron chi connectivity index (χ3n) is 7.67. The van der Waals surface area contributed by atoms with Crippen molar-refractivity contribution < 1.29 is 24.2 Å². The van der Waals surface area contributed by atoms with Gasteiger partial charge in [-0.3, -0.25) is 9.78 Å². The number of carboxylic acid groups (broad SMARTS) is 1. The van der Waals surface area contributed by atoms with E-state index in [1.807, 2.05) is 23.1 Å². The fourth-order valence-corrected chi connectivity index (χ4v) is 5.54. The SMILES string of the molecule is O=C1OC2(CCN(C(=O)C3(c4ccc(N5CCN(C(=O)O)CC5)nc4)CC3)C2)c2ccncc21. The summed E-state index contributed by atoms with van der Waals surface area (Å²) >= 11 is 0. The van der Waals surface area contributed by atoms with E-state index in [0.29, 0.717) is 51.3 Å². The zero-order valence-electron chi connectivity index (χ0n) is 18.6. The van der Waals surface area contributed by atoms with Crippen LogP contribution in [-0.2, 0) is 20.5 Å². The minimum atomic E-state index is -0.895. The summed E-state index contributed by atoms with van der Waals surface area (Å²) in [4.78, 5) is 51.0. The van der Waals surface area contributed by atoms with Crippen molar-refractivity contribution in [2.45, 2.75) is 30.3 Å². The van der Waals surface area contributed by atoms with Crippen LogP contribution in [0.3, 0.4) is 0 Å². The molecule has 2 amide bonds. The van der Waals surface area contributed by atoms with Gasteiger partial charge in [0.05, 0.1) is 17.5 Å². The van der Waals surface area contributed by atoms with Crippen LogP contribution < -0.4 is 4.90 Å². The first-order valence-electron chi connectivity index (χ1n) is 11.6. The minimum absolute atomic E-state index is 0.0625. The Balaban J connectivity index is 1.16. The van der Waals surface area contributed by atoms with Gasteiger partial charge in [0, 0.05) is 63.3 Å². The smallest absolute Gasteiger partial charge is 0.407 e. The van der Waals surface area contributed by atoms with Gasteiger partial charge in [0.1, 0.15) is 5.82 Å². The van der Waals surface area contributed by atoms with E-state index in [0.717, 1.165) is 29.8 Å². The Morgan fingerprint density at radius 2 is 1.76 bits per heavy atom. The van der Waals surface area contributed by atoms with Crippen molar-refractivity contribution >= 4 is 23.8 Å². The number of likely N-dealkylation sites (tertiary alicyclic amines) is 1. The lowest BCUT2D eigenvalue weighted by atomic mass is 9.92. The van der Waals surface area contributed by atoms with Gasteiger partial charge in [-0.1, -0.05) is 6.07 Å². The van der Waals surface area contributed by atoms with Gasteiger partial charge in [-0.2, -0.15) is 0 Å². The number of carbonyl (C=O) groups is 3. The highest BCUT2D eigenvalue weighted by molar-refractivity contribution is 5.95. The Hall–Kier alpha value is -3.69. The summed E-state index contributed by atoms with van der Waals surface area (Å²) in [7, 11) is 0. The van der Waals surface area contributed by atoms with Crippen LogP contribution in [0.15, 0.2) is 36.8 Å². The van der Waals surface area contributed by atoms with Crippen LogP contribution in [0.5, 0.6) is 0 Å². The number of anilines is 1. The summed E-state index contributed by atoms with van der Waals surface area (Å²) in [6.45, 7) is 2.97. The molecule has 0 radical (unpaired) electrons. The lowest BCUT2D eigenvalue weighted by Gasteiger charge is -2.34. The zero-order valence-corrected chi connectivity index (χ0v) is 18.6. The molecule has 0 aromatic carbocycles. The van der Waals surface area contributed by atoms with Crippen molar-refractivity contribution in [2.24, 2.45) is 0 Å². The van der Waals surface area contributed by atoms with Crippen molar-refractivity contribution in [3.8, 4) is 0 Å². The van der Waals surface area contributed by atoms with Gasteiger partial charge in [-0.25, -0.2) is 14.6 Å². The van der Waals surface area contributed by atoms with Gasteiger partial charge in [0.25, 0.3) is 0 Å². The molecule has 10 nitrogen and oxygen atoms in total. The predicted molar refractivity (Wildman–Crippen MR) is 119 cm³/mol. The summed E-state index contributed by atoms with van der Waals surface area (Å²) < 4.78 is 5.77. The monoisotopic (exact) mass is 463 g/mol. The highest BCUT2D eigenvalue weighted by Crippen LogP contribution is 2.52. The Morgan fingerprint density at radius 3 is 2.44 bits per heavy atom. The maximum atomic E-state index is 13.6. The van der Waals surface area contributed by atoms with Crippen LogP contribution in [0.2, 0.25) is 0 Å². The number of piperazine rings is 1. The number of pyridine rings is 2. The van der Waals surface area contributed by atoms with E-state index in [1.54, 1.807) is 12.4 Å². The van der Waals surface area contributed by atoms with E-state index in [-0.39, 0.29) is 11.9 Å². The minimum Gasteiger partial charge on any atom is -0.465 e. The Morgan fingerprint density at radius 1 is 0.971 bits per heavy atom. The van der Waals surface area contributed by atoms with Crippen molar-refractivity contribution in [3.63, 3.8) is 0 Å². The van der Waals surface area contributed by atoms with E-state index in [9.17, 15) is 14.4 Å². The van der Waals surface area contributed by atoms with Gasteiger partial charge >= 0.3 is 12.1 Å². The predicted octanol–water partition coefficient (Wildman–Crippen LogP) is 1.61. The number of aromatic nitrogens is 2. The molecule has 1 saturated carbocycles. The quantitative estimate of drug-likeness (QED) is 0.683. The van der Waals surface area contributed by atoms with Gasteiger partial charge in [0.15, 0.2) is 5.60 Å². The summed E-state index contributed by atoms with van der Waals surface area (Å²) in [5.41, 5.74) is 0.868. The number of nitrogens with zero attached hydrogens (tertiary/aromatic N) is 5. The molecule has 3 aliphatic heterocycles. The van der Waals surface area contributed by atoms with E-state index >= 15 is 0 Å². The molecule has 2 aromatic rings. The molecule has 5 heterocycles. The number of rotatable bonds is 3. The van der Waals surface area contributed by atoms with Crippen molar-refractivity contribution in [1.82, 2.24) is 19.8 Å². The molecule has 4 aliphatic rings. The topological polar surface area (TPSA) is 116 Å². The molecule has 0 bridgehead atoms. The van der Waals surface area contributed by atoms with Gasteiger partial charge < -0.3 is 24.5 Å². The Labute approximate surface area is 196 Å². The molecule has 1 N–H and O–H groups in total. The van der Waals surface area contributed by atoms with Gasteiger partial charge in [0.2, 0.25) is 5.91 Å². The number of hydrogen-bond acceptors (Lipinski definition) is 7. The number of carbonyl (C=O) groups excluding carboxylic acids is 2. The van der Waals surface area contributed by atoms with Crippen LogP contribution in [-0.4, -0.2) is 82.1 Å². The number of hydrogen-bond donors (Lipinski definition) is 1. The van der Waals surface area contributed by atoms with Crippen LogP contribution in [0.4, 0.5) is 10.6 Å². The van der Waals surface area contributed by atoms with Crippen LogP contribution in [0, 0.1) is 0 Å². The van der Waals surface area contributed by atoms with Crippen molar-refractivity contribution in [2.75, 3.05) is 44.2 Å². The fraction of sp³-hybridized carbons (Fsp3) is 0.458. The first-order chi connectivity index (χ1) is 16.4. The highest BCUT2D eigenvalue weighted by Gasteiger charge is 2.58. The van der Waals surface area contributed by atoms with E-state index < -0.39 is 17.1 Å². The van der Waals surface area contributed by atoms with E-state index in [1.165, 1.54) is 11.1 Å². The molecule has 1 atom stereocenters. The molecule has 2 aromatic heterocycles. The molecular weight excluding hydrogens is 438 g/mol. The van der Waals surface area contributed by atoms with Crippen molar-refractivity contribution in [3.05, 3.63) is 53.5 Å². The van der Waals surface area contributed by atoms with E-state index in [2.05, 4.69) is 14.9 Å². The van der Waals surface area contributed by atoms with Gasteiger partial charge in [-0.05, 0) is 30.5 Å². The first kappa shape index (κ1) is 20.9. The number of amides is 2. The molecule has 1 aliphatic carbocycles. The molecule has 34 heavy (non-hydrogen) atoms. The number of esters is 1. The van der Waals surface area contributed by atoms with Crippen LogP contribution in [0.25, 0.3) is 0 Å².